The van der Waals surface area contributed by atoms with Crippen molar-refractivity contribution >= 4 is 5.91 Å². The van der Waals surface area contributed by atoms with Gasteiger partial charge >= 0.3 is 0 Å². The van der Waals surface area contributed by atoms with Gasteiger partial charge in [0.1, 0.15) is 0 Å². The van der Waals surface area contributed by atoms with Crippen LogP contribution >= 0.6 is 0 Å². The smallest absolute Gasteiger partial charge is 0.223 e. The first-order chi connectivity index (χ1) is 7.52. The fraction of sp³-hybridized carbons (Fsp3) is 0.917. The molecule has 1 N–H and O–H groups in total. The summed E-state index contributed by atoms with van der Waals surface area (Å²) in [6.07, 6.45) is 2.33. The molecule has 0 radical (unpaired) electrons. The third-order valence-electron chi connectivity index (χ3n) is 3.61. The van der Waals surface area contributed by atoms with Crippen LogP contribution < -0.4 is 0 Å². The Labute approximate surface area is 96.6 Å². The van der Waals surface area contributed by atoms with Crippen molar-refractivity contribution in [3.8, 4) is 0 Å². The van der Waals surface area contributed by atoms with Gasteiger partial charge in [-0.2, -0.15) is 0 Å². The van der Waals surface area contributed by atoms with E-state index in [2.05, 4.69) is 13.8 Å². The first-order valence-corrected chi connectivity index (χ1v) is 6.06. The average molecular weight is 227 g/mol. The lowest BCUT2D eigenvalue weighted by atomic mass is 9.93. The van der Waals surface area contributed by atoms with Crippen LogP contribution in [0.2, 0.25) is 0 Å². The molecule has 4 nitrogen and oxygen atoms in total. The highest BCUT2D eigenvalue weighted by Crippen LogP contribution is 2.31. The molecule has 0 aromatic rings. The van der Waals surface area contributed by atoms with E-state index in [9.17, 15) is 4.79 Å². The number of amides is 1. The maximum Gasteiger partial charge on any atom is 0.223 e. The number of likely N-dealkylation sites (tertiary alicyclic amines) is 1. The highest BCUT2D eigenvalue weighted by Gasteiger charge is 2.38. The molecule has 0 aromatic heterocycles. The first kappa shape index (κ1) is 11.9. The Morgan fingerprint density at radius 3 is 2.88 bits per heavy atom. The van der Waals surface area contributed by atoms with Crippen LogP contribution in [-0.2, 0) is 9.53 Å². The molecule has 4 heteroatoms. The van der Waals surface area contributed by atoms with Crippen molar-refractivity contribution in [2.24, 2.45) is 5.92 Å². The van der Waals surface area contributed by atoms with E-state index in [1.807, 2.05) is 4.90 Å². The third kappa shape index (κ3) is 2.38. The molecule has 0 aromatic carbocycles. The van der Waals surface area contributed by atoms with Crippen molar-refractivity contribution in [2.75, 3.05) is 19.8 Å². The molecular formula is C12H21NO3. The van der Waals surface area contributed by atoms with Gasteiger partial charge in [0.2, 0.25) is 5.91 Å². The Balaban J connectivity index is 1.99. The molecule has 16 heavy (non-hydrogen) atoms. The summed E-state index contributed by atoms with van der Waals surface area (Å²) in [4.78, 5) is 13.8. The molecule has 0 bridgehead atoms. The topological polar surface area (TPSA) is 49.8 Å². The summed E-state index contributed by atoms with van der Waals surface area (Å²) in [6, 6.07) is 0.299. The van der Waals surface area contributed by atoms with Gasteiger partial charge in [-0.15, -0.1) is 0 Å². The van der Waals surface area contributed by atoms with Crippen molar-refractivity contribution in [1.82, 2.24) is 4.90 Å². The molecule has 0 aliphatic carbocycles. The van der Waals surface area contributed by atoms with Crippen LogP contribution in [0.15, 0.2) is 0 Å². The second kappa shape index (κ2) is 4.34. The molecule has 2 atom stereocenters. The van der Waals surface area contributed by atoms with Crippen LogP contribution in [0, 0.1) is 5.92 Å². The lowest BCUT2D eigenvalue weighted by Gasteiger charge is -2.39. The summed E-state index contributed by atoms with van der Waals surface area (Å²) in [5.41, 5.74) is -0.125. The van der Waals surface area contributed by atoms with Crippen molar-refractivity contribution < 1.29 is 14.6 Å². The summed E-state index contributed by atoms with van der Waals surface area (Å²) in [5.74, 6) is 0.334. The van der Waals surface area contributed by atoms with Gasteiger partial charge in [-0.05, 0) is 26.7 Å². The average Bonchev–Trinajstić information content (AvgIpc) is 2.58. The summed E-state index contributed by atoms with van der Waals surface area (Å²) in [5, 5.41) is 9.10. The zero-order valence-corrected chi connectivity index (χ0v) is 10.1. The van der Waals surface area contributed by atoms with E-state index in [-0.39, 0.29) is 24.0 Å². The first-order valence-electron chi connectivity index (χ1n) is 6.06. The second-order valence-corrected chi connectivity index (χ2v) is 5.55. The van der Waals surface area contributed by atoms with Gasteiger partial charge in [-0.1, -0.05) is 0 Å². The molecule has 1 amide bonds. The molecule has 2 heterocycles. The van der Waals surface area contributed by atoms with Gasteiger partial charge in [0.25, 0.3) is 0 Å². The number of aliphatic hydroxyl groups excluding tert-OH is 1. The standard InChI is InChI=1S/C12H21NO3/c1-12(2)6-10(3-4-16-12)13-7-9(8-14)5-11(13)15/h9-10,14H,3-8H2,1-2H3. The number of ether oxygens (including phenoxy) is 1. The number of carbonyl (C=O) groups is 1. The van der Waals surface area contributed by atoms with Crippen molar-refractivity contribution in [1.29, 1.82) is 0 Å². The number of hydrogen-bond acceptors (Lipinski definition) is 3. The number of rotatable bonds is 2. The maximum atomic E-state index is 11.8. The van der Waals surface area contributed by atoms with Gasteiger partial charge < -0.3 is 14.7 Å². The van der Waals surface area contributed by atoms with Crippen molar-refractivity contribution in [3.63, 3.8) is 0 Å². The normalized spacial score (nSPS) is 34.4. The van der Waals surface area contributed by atoms with E-state index in [4.69, 9.17) is 9.84 Å². The lowest BCUT2D eigenvalue weighted by molar-refractivity contribution is -0.135. The minimum atomic E-state index is -0.125. The molecule has 2 rings (SSSR count). The van der Waals surface area contributed by atoms with Crippen LogP contribution in [0.5, 0.6) is 0 Å². The third-order valence-corrected chi connectivity index (χ3v) is 3.61. The Morgan fingerprint density at radius 2 is 2.31 bits per heavy atom. The monoisotopic (exact) mass is 227 g/mol. The molecular weight excluding hydrogens is 206 g/mol. The van der Waals surface area contributed by atoms with Crippen molar-refractivity contribution in [2.45, 2.75) is 44.8 Å². The van der Waals surface area contributed by atoms with Gasteiger partial charge in [-0.25, -0.2) is 0 Å². The summed E-state index contributed by atoms with van der Waals surface area (Å²) in [6.45, 7) is 5.71. The zero-order chi connectivity index (χ0) is 11.8. The van der Waals surface area contributed by atoms with E-state index in [0.29, 0.717) is 12.5 Å². The molecule has 2 aliphatic heterocycles. The number of aliphatic hydroxyl groups is 1. The summed E-state index contributed by atoms with van der Waals surface area (Å²) >= 11 is 0. The molecule has 2 unspecified atom stereocenters. The highest BCUT2D eigenvalue weighted by molar-refractivity contribution is 5.79. The molecule has 0 spiro atoms. The molecule has 92 valence electrons. The minimum Gasteiger partial charge on any atom is -0.396 e. The van der Waals surface area contributed by atoms with E-state index in [1.165, 1.54) is 0 Å². The largest absolute Gasteiger partial charge is 0.396 e. The van der Waals surface area contributed by atoms with Gasteiger partial charge in [-0.3, -0.25) is 4.79 Å². The Hall–Kier alpha value is -0.610. The van der Waals surface area contributed by atoms with Crippen LogP contribution in [0.1, 0.15) is 33.1 Å². The Bertz CT molecular complexity index is 277. The van der Waals surface area contributed by atoms with Crippen LogP contribution in [0.4, 0.5) is 0 Å². The number of carbonyl (C=O) groups excluding carboxylic acids is 1. The maximum absolute atomic E-state index is 11.8. The fourth-order valence-electron chi connectivity index (χ4n) is 2.75. The molecule has 2 fully saturated rings. The summed E-state index contributed by atoms with van der Waals surface area (Å²) in [7, 11) is 0. The second-order valence-electron chi connectivity index (χ2n) is 5.55. The van der Waals surface area contributed by atoms with Gasteiger partial charge in [0.15, 0.2) is 0 Å². The summed E-state index contributed by atoms with van der Waals surface area (Å²) < 4.78 is 5.66. The Kier molecular flexibility index (Phi) is 3.22. The van der Waals surface area contributed by atoms with E-state index in [1.54, 1.807) is 0 Å². The quantitative estimate of drug-likeness (QED) is 0.758. The van der Waals surface area contributed by atoms with Crippen LogP contribution in [0.3, 0.4) is 0 Å². The van der Waals surface area contributed by atoms with Crippen molar-refractivity contribution in [3.05, 3.63) is 0 Å². The van der Waals surface area contributed by atoms with E-state index < -0.39 is 0 Å². The Morgan fingerprint density at radius 1 is 1.56 bits per heavy atom. The SMILES string of the molecule is CC1(C)CC(N2CC(CO)CC2=O)CCO1. The van der Waals surface area contributed by atoms with Gasteiger partial charge in [0.05, 0.1) is 5.60 Å². The van der Waals surface area contributed by atoms with E-state index >= 15 is 0 Å². The zero-order valence-electron chi connectivity index (χ0n) is 10.1. The van der Waals surface area contributed by atoms with Crippen LogP contribution in [-0.4, -0.2) is 47.3 Å². The molecule has 2 saturated heterocycles. The van der Waals surface area contributed by atoms with Crippen LogP contribution in [0.25, 0.3) is 0 Å². The molecule has 0 saturated carbocycles. The minimum absolute atomic E-state index is 0.120. The highest BCUT2D eigenvalue weighted by atomic mass is 16.5. The fourth-order valence-corrected chi connectivity index (χ4v) is 2.75. The van der Waals surface area contributed by atoms with E-state index in [0.717, 1.165) is 26.0 Å². The number of hydrogen-bond donors (Lipinski definition) is 1. The lowest BCUT2D eigenvalue weighted by Crippen LogP contribution is -2.46. The number of nitrogens with zero attached hydrogens (tertiary/aromatic N) is 1. The van der Waals surface area contributed by atoms with Gasteiger partial charge in [0, 0.05) is 38.1 Å². The molecule has 2 aliphatic rings. The predicted octanol–water partition coefficient (Wildman–Crippen LogP) is 0.785. The predicted molar refractivity (Wildman–Crippen MR) is 60.0 cm³/mol.